The molecule has 6 heteroatoms. The molecule has 0 saturated heterocycles. The summed E-state index contributed by atoms with van der Waals surface area (Å²) in [5, 5.41) is 11.7. The first kappa shape index (κ1) is 12.3. The Hall–Kier alpha value is -2.11. The summed E-state index contributed by atoms with van der Waals surface area (Å²) >= 11 is 0. The van der Waals surface area contributed by atoms with Crippen molar-refractivity contribution in [2.24, 2.45) is 5.92 Å². The summed E-state index contributed by atoms with van der Waals surface area (Å²) in [5.41, 5.74) is 6.17. The molecular formula is C12H15N3O3. The van der Waals surface area contributed by atoms with Crippen LogP contribution in [0.1, 0.15) is 29.8 Å². The van der Waals surface area contributed by atoms with E-state index in [4.69, 9.17) is 10.8 Å². The molecule has 1 saturated carbocycles. The van der Waals surface area contributed by atoms with E-state index in [0.717, 1.165) is 0 Å². The molecule has 1 aromatic heterocycles. The van der Waals surface area contributed by atoms with Crippen molar-refractivity contribution in [1.82, 2.24) is 10.3 Å². The third-order valence-corrected chi connectivity index (χ3v) is 3.17. The first-order valence-corrected chi connectivity index (χ1v) is 5.82. The minimum atomic E-state index is -0.802. The normalized spacial score (nSPS) is 22.7. The Balaban J connectivity index is 1.97. The minimum Gasteiger partial charge on any atom is -0.481 e. The van der Waals surface area contributed by atoms with Crippen molar-refractivity contribution < 1.29 is 14.7 Å². The van der Waals surface area contributed by atoms with Crippen LogP contribution in [0.2, 0.25) is 0 Å². The summed E-state index contributed by atoms with van der Waals surface area (Å²) in [5.74, 6) is -1.51. The number of aromatic nitrogens is 1. The third kappa shape index (κ3) is 2.58. The van der Waals surface area contributed by atoms with Gasteiger partial charge in [0.25, 0.3) is 5.91 Å². The fourth-order valence-corrected chi connectivity index (χ4v) is 2.20. The Labute approximate surface area is 104 Å². The van der Waals surface area contributed by atoms with Gasteiger partial charge in [0.15, 0.2) is 5.69 Å². The van der Waals surface area contributed by atoms with Gasteiger partial charge in [0, 0.05) is 12.2 Å². The van der Waals surface area contributed by atoms with Gasteiger partial charge in [-0.05, 0) is 31.4 Å². The van der Waals surface area contributed by atoms with Gasteiger partial charge < -0.3 is 16.2 Å². The smallest absolute Gasteiger partial charge is 0.306 e. The lowest BCUT2D eigenvalue weighted by Gasteiger charge is -2.12. The number of nitrogen functional groups attached to an aromatic ring is 1. The van der Waals surface area contributed by atoms with E-state index in [-0.39, 0.29) is 23.6 Å². The van der Waals surface area contributed by atoms with Crippen molar-refractivity contribution in [1.29, 1.82) is 0 Å². The molecule has 18 heavy (non-hydrogen) atoms. The molecule has 0 radical (unpaired) electrons. The van der Waals surface area contributed by atoms with Crippen molar-refractivity contribution in [3.63, 3.8) is 0 Å². The van der Waals surface area contributed by atoms with E-state index in [1.165, 1.54) is 6.20 Å². The summed E-state index contributed by atoms with van der Waals surface area (Å²) in [6.45, 7) is 0. The number of nitrogens with zero attached hydrogens (tertiary/aromatic N) is 1. The zero-order valence-corrected chi connectivity index (χ0v) is 9.80. The topological polar surface area (TPSA) is 105 Å². The van der Waals surface area contributed by atoms with E-state index in [9.17, 15) is 9.59 Å². The highest BCUT2D eigenvalue weighted by atomic mass is 16.4. The number of carbonyl (C=O) groups excluding carboxylic acids is 1. The molecule has 1 aromatic rings. The molecule has 1 amide bonds. The summed E-state index contributed by atoms with van der Waals surface area (Å²) in [6.07, 6.45) is 3.24. The monoisotopic (exact) mass is 249 g/mol. The number of hydrogen-bond acceptors (Lipinski definition) is 4. The molecule has 0 aliphatic heterocycles. The van der Waals surface area contributed by atoms with Crippen molar-refractivity contribution in [3.05, 3.63) is 24.0 Å². The molecular weight excluding hydrogens is 234 g/mol. The van der Waals surface area contributed by atoms with Crippen LogP contribution in [0.4, 0.5) is 5.69 Å². The Morgan fingerprint density at radius 3 is 2.83 bits per heavy atom. The predicted octanol–water partition coefficient (Wildman–Crippen LogP) is 0.647. The number of carboxylic acid groups (broad SMARTS) is 1. The van der Waals surface area contributed by atoms with E-state index in [1.54, 1.807) is 12.1 Å². The van der Waals surface area contributed by atoms with E-state index in [0.29, 0.717) is 24.9 Å². The van der Waals surface area contributed by atoms with E-state index in [2.05, 4.69) is 10.3 Å². The molecule has 0 spiro atoms. The van der Waals surface area contributed by atoms with Crippen LogP contribution in [0.3, 0.4) is 0 Å². The molecule has 1 heterocycles. The van der Waals surface area contributed by atoms with Crippen LogP contribution in [0.15, 0.2) is 18.3 Å². The number of rotatable bonds is 3. The Kier molecular flexibility index (Phi) is 3.45. The zero-order chi connectivity index (χ0) is 13.1. The van der Waals surface area contributed by atoms with E-state index >= 15 is 0 Å². The Morgan fingerprint density at radius 1 is 1.44 bits per heavy atom. The number of amides is 1. The number of carbonyl (C=O) groups is 2. The Morgan fingerprint density at radius 2 is 2.22 bits per heavy atom. The molecule has 0 aromatic carbocycles. The molecule has 4 N–H and O–H groups in total. The number of nitrogens with two attached hydrogens (primary N) is 1. The quantitative estimate of drug-likeness (QED) is 0.729. The molecule has 0 bridgehead atoms. The van der Waals surface area contributed by atoms with Crippen LogP contribution in [0.5, 0.6) is 0 Å². The van der Waals surface area contributed by atoms with E-state index in [1.807, 2.05) is 0 Å². The standard InChI is InChI=1S/C12H15N3O3/c13-9-2-1-5-14-10(9)11(16)15-8-4-3-7(6-8)12(17)18/h1-2,5,7-8H,3-4,6,13H2,(H,15,16)(H,17,18)/t7-,8+/m1/s1. The summed E-state index contributed by atoms with van der Waals surface area (Å²) in [4.78, 5) is 26.6. The molecule has 1 aliphatic rings. The highest BCUT2D eigenvalue weighted by molar-refractivity contribution is 5.97. The molecule has 2 rings (SSSR count). The van der Waals surface area contributed by atoms with Gasteiger partial charge in [-0.1, -0.05) is 0 Å². The van der Waals surface area contributed by atoms with Crippen LogP contribution < -0.4 is 11.1 Å². The largest absolute Gasteiger partial charge is 0.481 e. The highest BCUT2D eigenvalue weighted by Crippen LogP contribution is 2.26. The van der Waals surface area contributed by atoms with Crippen LogP contribution in [-0.4, -0.2) is 28.0 Å². The van der Waals surface area contributed by atoms with Crippen molar-refractivity contribution >= 4 is 17.6 Å². The minimum absolute atomic E-state index is 0.111. The van der Waals surface area contributed by atoms with Gasteiger partial charge >= 0.3 is 5.97 Å². The molecule has 0 unspecified atom stereocenters. The number of aliphatic carboxylic acids is 1. The summed E-state index contributed by atoms with van der Waals surface area (Å²) < 4.78 is 0. The SMILES string of the molecule is Nc1cccnc1C(=O)N[C@H]1CC[C@@H](C(=O)O)C1. The lowest BCUT2D eigenvalue weighted by Crippen LogP contribution is -2.34. The van der Waals surface area contributed by atoms with Gasteiger partial charge in [0.05, 0.1) is 11.6 Å². The number of nitrogens with one attached hydrogen (secondary N) is 1. The van der Waals surface area contributed by atoms with Crippen LogP contribution in [-0.2, 0) is 4.79 Å². The summed E-state index contributed by atoms with van der Waals surface area (Å²) in [7, 11) is 0. The molecule has 1 fully saturated rings. The maximum Gasteiger partial charge on any atom is 0.306 e. The molecule has 1 aliphatic carbocycles. The second kappa shape index (κ2) is 5.03. The molecule has 6 nitrogen and oxygen atoms in total. The maximum atomic E-state index is 11.9. The van der Waals surface area contributed by atoms with Gasteiger partial charge in [-0.15, -0.1) is 0 Å². The van der Waals surface area contributed by atoms with Crippen LogP contribution >= 0.6 is 0 Å². The lowest BCUT2D eigenvalue weighted by molar-refractivity contribution is -0.141. The number of hydrogen-bond donors (Lipinski definition) is 3. The lowest BCUT2D eigenvalue weighted by atomic mass is 10.1. The highest BCUT2D eigenvalue weighted by Gasteiger charge is 2.31. The first-order chi connectivity index (χ1) is 8.58. The van der Waals surface area contributed by atoms with Gasteiger partial charge in [0.1, 0.15) is 0 Å². The van der Waals surface area contributed by atoms with Gasteiger partial charge in [0.2, 0.25) is 0 Å². The average Bonchev–Trinajstić information content (AvgIpc) is 2.78. The number of anilines is 1. The fraction of sp³-hybridized carbons (Fsp3) is 0.417. The Bertz CT molecular complexity index is 475. The summed E-state index contributed by atoms with van der Waals surface area (Å²) in [6, 6.07) is 3.15. The second-order valence-electron chi connectivity index (χ2n) is 4.46. The van der Waals surface area contributed by atoms with Crippen molar-refractivity contribution in [2.75, 3.05) is 5.73 Å². The van der Waals surface area contributed by atoms with Crippen LogP contribution in [0, 0.1) is 5.92 Å². The number of pyridine rings is 1. The zero-order valence-electron chi connectivity index (χ0n) is 9.80. The first-order valence-electron chi connectivity index (χ1n) is 5.82. The maximum absolute atomic E-state index is 11.9. The molecule has 2 atom stereocenters. The second-order valence-corrected chi connectivity index (χ2v) is 4.46. The van der Waals surface area contributed by atoms with Gasteiger partial charge in [-0.3, -0.25) is 9.59 Å². The van der Waals surface area contributed by atoms with Gasteiger partial charge in [-0.2, -0.15) is 0 Å². The fourth-order valence-electron chi connectivity index (χ4n) is 2.20. The number of carboxylic acids is 1. The third-order valence-electron chi connectivity index (χ3n) is 3.17. The van der Waals surface area contributed by atoms with E-state index < -0.39 is 5.97 Å². The predicted molar refractivity (Wildman–Crippen MR) is 64.9 cm³/mol. The van der Waals surface area contributed by atoms with Crippen molar-refractivity contribution in [2.45, 2.75) is 25.3 Å². The average molecular weight is 249 g/mol. The molecule has 96 valence electrons. The van der Waals surface area contributed by atoms with Crippen molar-refractivity contribution in [3.8, 4) is 0 Å². The van der Waals surface area contributed by atoms with Gasteiger partial charge in [-0.25, -0.2) is 4.98 Å². The van der Waals surface area contributed by atoms with Crippen LogP contribution in [0.25, 0.3) is 0 Å².